The maximum absolute atomic E-state index is 4.77. The second-order valence-electron chi connectivity index (χ2n) is 6.47. The molecular weight excluding hydrogens is 284 g/mol. The first-order valence-electron chi connectivity index (χ1n) is 8.57. The van der Waals surface area contributed by atoms with Gasteiger partial charge in [0.2, 0.25) is 5.95 Å². The van der Waals surface area contributed by atoms with Crippen molar-refractivity contribution in [2.45, 2.75) is 46.5 Å². The molecule has 2 heterocycles. The largest absolute Gasteiger partial charge is 0.341 e. The zero-order valence-electron chi connectivity index (χ0n) is 14.4. The molecule has 0 saturated carbocycles. The molecule has 0 bridgehead atoms. The highest BCUT2D eigenvalue weighted by atomic mass is 15.3. The molecule has 1 N–H and O–H groups in total. The van der Waals surface area contributed by atoms with Crippen molar-refractivity contribution in [1.82, 2.24) is 9.97 Å². The maximum atomic E-state index is 4.77. The highest BCUT2D eigenvalue weighted by molar-refractivity contribution is 5.63. The third kappa shape index (κ3) is 3.81. The first kappa shape index (κ1) is 15.8. The van der Waals surface area contributed by atoms with Gasteiger partial charge in [-0.3, -0.25) is 0 Å². The fourth-order valence-electron chi connectivity index (χ4n) is 3.05. The van der Waals surface area contributed by atoms with Crippen LogP contribution in [0.25, 0.3) is 0 Å². The van der Waals surface area contributed by atoms with E-state index in [0.29, 0.717) is 0 Å². The number of hydrogen-bond acceptors (Lipinski definition) is 4. The third-order valence-corrected chi connectivity index (χ3v) is 4.60. The lowest BCUT2D eigenvalue weighted by molar-refractivity contribution is 0.726. The minimum Gasteiger partial charge on any atom is -0.341 e. The highest BCUT2D eigenvalue weighted by Gasteiger charge is 2.14. The molecule has 4 heteroatoms. The van der Waals surface area contributed by atoms with Crippen LogP contribution in [0.4, 0.5) is 17.5 Å². The van der Waals surface area contributed by atoms with Gasteiger partial charge in [0, 0.05) is 30.5 Å². The van der Waals surface area contributed by atoms with Crippen LogP contribution in [0.15, 0.2) is 24.3 Å². The van der Waals surface area contributed by atoms with Crippen molar-refractivity contribution in [3.8, 4) is 0 Å². The van der Waals surface area contributed by atoms with Crippen LogP contribution in [0.3, 0.4) is 0 Å². The van der Waals surface area contributed by atoms with E-state index in [9.17, 15) is 0 Å². The minimum atomic E-state index is 0.861. The van der Waals surface area contributed by atoms with Gasteiger partial charge in [0.1, 0.15) is 5.82 Å². The van der Waals surface area contributed by atoms with Crippen LogP contribution in [0.1, 0.15) is 42.5 Å². The third-order valence-electron chi connectivity index (χ3n) is 4.60. The number of aromatic nitrogens is 2. The van der Waals surface area contributed by atoms with Crippen LogP contribution in [0.5, 0.6) is 0 Å². The molecule has 23 heavy (non-hydrogen) atoms. The molecule has 1 saturated heterocycles. The van der Waals surface area contributed by atoms with Crippen LogP contribution in [0, 0.1) is 20.8 Å². The summed E-state index contributed by atoms with van der Waals surface area (Å²) in [4.78, 5) is 11.8. The van der Waals surface area contributed by atoms with Gasteiger partial charge in [-0.05, 0) is 50.8 Å². The molecule has 3 rings (SSSR count). The van der Waals surface area contributed by atoms with E-state index in [0.717, 1.165) is 36.2 Å². The molecule has 1 aromatic heterocycles. The lowest BCUT2D eigenvalue weighted by atomic mass is 10.1. The number of aryl methyl sites for hydroxylation is 2. The van der Waals surface area contributed by atoms with Crippen LogP contribution in [-0.4, -0.2) is 23.1 Å². The van der Waals surface area contributed by atoms with E-state index in [1.165, 1.54) is 36.8 Å². The second kappa shape index (κ2) is 6.99. The van der Waals surface area contributed by atoms with E-state index in [2.05, 4.69) is 47.2 Å². The summed E-state index contributed by atoms with van der Waals surface area (Å²) >= 11 is 0. The summed E-state index contributed by atoms with van der Waals surface area (Å²) in [5.41, 5.74) is 4.67. The Labute approximate surface area is 139 Å². The Balaban J connectivity index is 1.86. The molecule has 0 amide bonds. The van der Waals surface area contributed by atoms with Crippen LogP contribution >= 0.6 is 0 Å². The Morgan fingerprint density at radius 1 is 0.957 bits per heavy atom. The SMILES string of the molecule is Cc1cc(Nc2cccc(C)c2C)nc(N2CCCCCC2)n1. The lowest BCUT2D eigenvalue weighted by Gasteiger charge is -2.21. The molecule has 0 spiro atoms. The standard InChI is InChI=1S/C19H26N4/c1-14-9-8-10-17(16(14)3)21-18-13-15(2)20-19(22-18)23-11-6-4-5-7-12-23/h8-10,13H,4-7,11-12H2,1-3H3,(H,20,21,22). The van der Waals surface area contributed by atoms with Crippen molar-refractivity contribution >= 4 is 17.5 Å². The van der Waals surface area contributed by atoms with Crippen molar-refractivity contribution < 1.29 is 0 Å². The molecule has 0 radical (unpaired) electrons. The second-order valence-corrected chi connectivity index (χ2v) is 6.47. The fourth-order valence-corrected chi connectivity index (χ4v) is 3.05. The zero-order chi connectivity index (χ0) is 16.2. The van der Waals surface area contributed by atoms with Gasteiger partial charge in [-0.2, -0.15) is 4.98 Å². The van der Waals surface area contributed by atoms with Gasteiger partial charge in [0.25, 0.3) is 0 Å². The van der Waals surface area contributed by atoms with Gasteiger partial charge in [-0.15, -0.1) is 0 Å². The predicted octanol–water partition coefficient (Wildman–Crippen LogP) is 4.53. The Hall–Kier alpha value is -2.10. The summed E-state index contributed by atoms with van der Waals surface area (Å²) in [5.74, 6) is 1.74. The van der Waals surface area contributed by atoms with E-state index in [4.69, 9.17) is 4.98 Å². The summed E-state index contributed by atoms with van der Waals surface area (Å²) in [6.45, 7) is 8.44. The molecule has 122 valence electrons. The molecule has 1 aliphatic rings. The summed E-state index contributed by atoms with van der Waals surface area (Å²) in [5, 5.41) is 3.47. The molecule has 1 aliphatic heterocycles. The van der Waals surface area contributed by atoms with Gasteiger partial charge < -0.3 is 10.2 Å². The van der Waals surface area contributed by atoms with Gasteiger partial charge in [-0.1, -0.05) is 25.0 Å². The maximum Gasteiger partial charge on any atom is 0.227 e. The van der Waals surface area contributed by atoms with Crippen LogP contribution < -0.4 is 10.2 Å². The van der Waals surface area contributed by atoms with Crippen molar-refractivity contribution in [3.63, 3.8) is 0 Å². The summed E-state index contributed by atoms with van der Waals surface area (Å²) in [7, 11) is 0. The molecule has 0 atom stereocenters. The Kier molecular flexibility index (Phi) is 4.79. The van der Waals surface area contributed by atoms with Gasteiger partial charge in [0.15, 0.2) is 0 Å². The Morgan fingerprint density at radius 3 is 2.43 bits per heavy atom. The predicted molar refractivity (Wildman–Crippen MR) is 96.6 cm³/mol. The number of hydrogen-bond donors (Lipinski definition) is 1. The molecule has 2 aromatic rings. The smallest absolute Gasteiger partial charge is 0.227 e. The quantitative estimate of drug-likeness (QED) is 0.904. The highest BCUT2D eigenvalue weighted by Crippen LogP contribution is 2.24. The fraction of sp³-hybridized carbons (Fsp3) is 0.474. The Bertz CT molecular complexity index is 673. The summed E-state index contributed by atoms with van der Waals surface area (Å²) in [6.07, 6.45) is 5.10. The molecule has 0 unspecified atom stereocenters. The monoisotopic (exact) mass is 310 g/mol. The number of nitrogens with zero attached hydrogens (tertiary/aromatic N) is 3. The van der Waals surface area contributed by atoms with Crippen molar-refractivity contribution in [2.75, 3.05) is 23.3 Å². The molecule has 1 fully saturated rings. The first-order chi connectivity index (χ1) is 11.1. The average Bonchev–Trinajstić information content (AvgIpc) is 2.80. The first-order valence-corrected chi connectivity index (χ1v) is 8.57. The van der Waals surface area contributed by atoms with Crippen molar-refractivity contribution in [1.29, 1.82) is 0 Å². The minimum absolute atomic E-state index is 0.861. The number of nitrogens with one attached hydrogen (secondary N) is 1. The van der Waals surface area contributed by atoms with Crippen molar-refractivity contribution in [2.24, 2.45) is 0 Å². The van der Waals surface area contributed by atoms with E-state index in [-0.39, 0.29) is 0 Å². The van der Waals surface area contributed by atoms with Crippen LogP contribution in [0.2, 0.25) is 0 Å². The summed E-state index contributed by atoms with van der Waals surface area (Å²) in [6, 6.07) is 8.33. The van der Waals surface area contributed by atoms with Gasteiger partial charge >= 0.3 is 0 Å². The Morgan fingerprint density at radius 2 is 1.70 bits per heavy atom. The van der Waals surface area contributed by atoms with E-state index in [1.54, 1.807) is 0 Å². The topological polar surface area (TPSA) is 41.1 Å². The van der Waals surface area contributed by atoms with Crippen LogP contribution in [-0.2, 0) is 0 Å². The number of rotatable bonds is 3. The number of anilines is 3. The molecule has 0 aliphatic carbocycles. The zero-order valence-corrected chi connectivity index (χ0v) is 14.4. The van der Waals surface area contributed by atoms with E-state index >= 15 is 0 Å². The average molecular weight is 310 g/mol. The van der Waals surface area contributed by atoms with Gasteiger partial charge in [-0.25, -0.2) is 4.98 Å². The van der Waals surface area contributed by atoms with E-state index in [1.807, 2.05) is 13.0 Å². The normalized spacial score (nSPS) is 15.3. The molecule has 1 aromatic carbocycles. The number of benzene rings is 1. The summed E-state index contributed by atoms with van der Waals surface area (Å²) < 4.78 is 0. The molecular formula is C19H26N4. The van der Waals surface area contributed by atoms with Crippen molar-refractivity contribution in [3.05, 3.63) is 41.1 Å². The van der Waals surface area contributed by atoms with Gasteiger partial charge in [0.05, 0.1) is 0 Å². The van der Waals surface area contributed by atoms with E-state index < -0.39 is 0 Å². The molecule has 4 nitrogen and oxygen atoms in total. The lowest BCUT2D eigenvalue weighted by Crippen LogP contribution is -2.26.